The van der Waals surface area contributed by atoms with Crippen molar-refractivity contribution in [1.29, 1.82) is 0 Å². The Bertz CT molecular complexity index is 407. The molecule has 0 amide bonds. The van der Waals surface area contributed by atoms with Crippen LogP contribution in [0, 0.1) is 0 Å². The Labute approximate surface area is 95.3 Å². The van der Waals surface area contributed by atoms with Gasteiger partial charge in [-0.25, -0.2) is 0 Å². The van der Waals surface area contributed by atoms with Crippen LogP contribution in [-0.4, -0.2) is 28.9 Å². The van der Waals surface area contributed by atoms with Crippen LogP contribution in [-0.2, 0) is 6.18 Å². The van der Waals surface area contributed by atoms with Gasteiger partial charge in [0.05, 0.1) is 6.10 Å². The third-order valence-electron chi connectivity index (χ3n) is 2.23. The van der Waals surface area contributed by atoms with E-state index < -0.39 is 34.9 Å². The molecule has 0 aliphatic carbocycles. The summed E-state index contributed by atoms with van der Waals surface area (Å²) in [6, 6.07) is 1.83. The molecule has 0 fully saturated rings. The molecular formula is C10H12F3NO3. The first-order chi connectivity index (χ1) is 7.79. The second kappa shape index (κ2) is 4.80. The molecule has 0 bridgehead atoms. The number of nitrogens with one attached hydrogen (secondary N) is 1. The van der Waals surface area contributed by atoms with Crippen molar-refractivity contribution >= 4 is 0 Å². The Morgan fingerprint density at radius 2 is 1.88 bits per heavy atom. The van der Waals surface area contributed by atoms with Gasteiger partial charge in [0.15, 0.2) is 11.5 Å². The van der Waals surface area contributed by atoms with Crippen LogP contribution < -0.4 is 5.32 Å². The highest BCUT2D eigenvalue weighted by atomic mass is 19.4. The van der Waals surface area contributed by atoms with Crippen LogP contribution in [0.15, 0.2) is 12.1 Å². The molecule has 1 rings (SSSR count). The number of phenolic OH excluding ortho intramolecular Hbond substituents is 2. The molecule has 1 aromatic rings. The molecular weight excluding hydrogens is 239 g/mol. The summed E-state index contributed by atoms with van der Waals surface area (Å²) in [5.74, 6) is -2.15. The molecule has 17 heavy (non-hydrogen) atoms. The van der Waals surface area contributed by atoms with E-state index in [1.807, 2.05) is 0 Å². The number of hydrogen-bond acceptors (Lipinski definition) is 4. The molecule has 7 heteroatoms. The van der Waals surface area contributed by atoms with E-state index >= 15 is 0 Å². The number of halogens is 3. The maximum absolute atomic E-state index is 12.7. The van der Waals surface area contributed by atoms with Crippen LogP contribution in [0.4, 0.5) is 13.2 Å². The van der Waals surface area contributed by atoms with Crippen molar-refractivity contribution in [2.45, 2.75) is 12.3 Å². The molecule has 4 N–H and O–H groups in total. The van der Waals surface area contributed by atoms with Gasteiger partial charge in [-0.05, 0) is 18.7 Å². The third-order valence-corrected chi connectivity index (χ3v) is 2.23. The number of benzene rings is 1. The zero-order valence-corrected chi connectivity index (χ0v) is 8.91. The van der Waals surface area contributed by atoms with Crippen LogP contribution in [0.1, 0.15) is 17.2 Å². The van der Waals surface area contributed by atoms with Gasteiger partial charge in [-0.1, -0.05) is 6.07 Å². The number of hydrogen-bond donors (Lipinski definition) is 4. The van der Waals surface area contributed by atoms with Crippen molar-refractivity contribution in [3.05, 3.63) is 23.3 Å². The number of alkyl halides is 3. The topological polar surface area (TPSA) is 72.7 Å². The molecule has 1 atom stereocenters. The van der Waals surface area contributed by atoms with Gasteiger partial charge in [0.1, 0.15) is 5.56 Å². The van der Waals surface area contributed by atoms with E-state index in [0.717, 1.165) is 12.1 Å². The minimum Gasteiger partial charge on any atom is -0.504 e. The van der Waals surface area contributed by atoms with Crippen LogP contribution in [0.25, 0.3) is 0 Å². The van der Waals surface area contributed by atoms with E-state index in [-0.39, 0.29) is 6.54 Å². The summed E-state index contributed by atoms with van der Waals surface area (Å²) in [5, 5.41) is 30.3. The highest BCUT2D eigenvalue weighted by Gasteiger charge is 2.39. The number of aliphatic hydroxyl groups is 1. The molecule has 0 aliphatic heterocycles. The standard InChI is InChI=1S/C10H12F3NO3/c1-14-4-7(16)5-2-3-6(15)9(17)8(5)10(11,12)13/h2-3,7,14-17H,4H2,1H3/t7-/m0/s1. The van der Waals surface area contributed by atoms with Gasteiger partial charge in [-0.3, -0.25) is 0 Å². The van der Waals surface area contributed by atoms with Crippen molar-refractivity contribution in [1.82, 2.24) is 5.32 Å². The normalized spacial score (nSPS) is 13.7. The van der Waals surface area contributed by atoms with Gasteiger partial charge in [-0.15, -0.1) is 0 Å². The number of phenols is 2. The summed E-state index contributed by atoms with van der Waals surface area (Å²) >= 11 is 0. The molecule has 0 spiro atoms. The Balaban J connectivity index is 3.35. The van der Waals surface area contributed by atoms with Gasteiger partial charge < -0.3 is 20.6 Å². The Morgan fingerprint density at radius 1 is 1.29 bits per heavy atom. The van der Waals surface area contributed by atoms with E-state index in [1.165, 1.54) is 7.05 Å². The van der Waals surface area contributed by atoms with Crippen molar-refractivity contribution < 1.29 is 28.5 Å². The van der Waals surface area contributed by atoms with E-state index in [4.69, 9.17) is 5.11 Å². The Hall–Kier alpha value is -1.47. The van der Waals surface area contributed by atoms with Gasteiger partial charge >= 0.3 is 6.18 Å². The second-order valence-electron chi connectivity index (χ2n) is 3.47. The molecule has 1 aromatic carbocycles. The highest BCUT2D eigenvalue weighted by molar-refractivity contribution is 5.51. The van der Waals surface area contributed by atoms with Crippen molar-refractivity contribution in [2.75, 3.05) is 13.6 Å². The molecule has 0 aromatic heterocycles. The third kappa shape index (κ3) is 2.80. The molecule has 0 saturated heterocycles. The maximum Gasteiger partial charge on any atom is 0.420 e. The summed E-state index contributed by atoms with van der Waals surface area (Å²) in [6.07, 6.45) is -6.28. The van der Waals surface area contributed by atoms with Crippen LogP contribution in [0.5, 0.6) is 11.5 Å². The summed E-state index contributed by atoms with van der Waals surface area (Å²) in [7, 11) is 1.47. The predicted octanol–water partition coefficient (Wildman–Crippen LogP) is 1.37. The highest BCUT2D eigenvalue weighted by Crippen LogP contribution is 2.44. The van der Waals surface area contributed by atoms with Crippen LogP contribution in [0.2, 0.25) is 0 Å². The zero-order valence-electron chi connectivity index (χ0n) is 8.91. The SMILES string of the molecule is CNC[C@H](O)c1ccc(O)c(O)c1C(F)(F)F. The van der Waals surface area contributed by atoms with Gasteiger partial charge in [0.2, 0.25) is 0 Å². The molecule has 0 aliphatic rings. The van der Waals surface area contributed by atoms with Crippen molar-refractivity contribution in [2.24, 2.45) is 0 Å². The quantitative estimate of drug-likeness (QED) is 0.612. The number of aliphatic hydroxyl groups excluding tert-OH is 1. The lowest BCUT2D eigenvalue weighted by Gasteiger charge is -2.18. The van der Waals surface area contributed by atoms with Crippen LogP contribution in [0.3, 0.4) is 0 Å². The van der Waals surface area contributed by atoms with Crippen molar-refractivity contribution in [3.63, 3.8) is 0 Å². The summed E-state index contributed by atoms with van der Waals surface area (Å²) in [6.45, 7) is -0.104. The summed E-state index contributed by atoms with van der Waals surface area (Å²) in [4.78, 5) is 0. The van der Waals surface area contributed by atoms with Crippen LogP contribution >= 0.6 is 0 Å². The molecule has 0 radical (unpaired) electrons. The first kappa shape index (κ1) is 13.6. The lowest BCUT2D eigenvalue weighted by Crippen LogP contribution is -2.20. The number of rotatable bonds is 3. The molecule has 0 heterocycles. The number of likely N-dealkylation sites (N-methyl/N-ethyl adjacent to an activating group) is 1. The van der Waals surface area contributed by atoms with Crippen molar-refractivity contribution in [3.8, 4) is 11.5 Å². The summed E-state index contributed by atoms with van der Waals surface area (Å²) < 4.78 is 38.1. The lowest BCUT2D eigenvalue weighted by molar-refractivity contribution is -0.140. The summed E-state index contributed by atoms with van der Waals surface area (Å²) in [5.41, 5.74) is -1.90. The first-order valence-corrected chi connectivity index (χ1v) is 4.73. The number of aromatic hydroxyl groups is 2. The average molecular weight is 251 g/mol. The Kier molecular flexibility index (Phi) is 3.84. The minimum absolute atomic E-state index is 0.104. The molecule has 4 nitrogen and oxygen atoms in total. The van der Waals surface area contributed by atoms with E-state index in [9.17, 15) is 23.4 Å². The molecule has 96 valence electrons. The zero-order chi connectivity index (χ0) is 13.2. The molecule has 0 saturated carbocycles. The fourth-order valence-corrected chi connectivity index (χ4v) is 1.47. The van der Waals surface area contributed by atoms with Gasteiger partial charge in [-0.2, -0.15) is 13.2 Å². The van der Waals surface area contributed by atoms with Gasteiger partial charge in [0.25, 0.3) is 0 Å². The van der Waals surface area contributed by atoms with E-state index in [0.29, 0.717) is 0 Å². The van der Waals surface area contributed by atoms with Gasteiger partial charge in [0, 0.05) is 6.54 Å². The minimum atomic E-state index is -4.85. The average Bonchev–Trinajstić information content (AvgIpc) is 2.20. The monoisotopic (exact) mass is 251 g/mol. The largest absolute Gasteiger partial charge is 0.504 e. The van der Waals surface area contributed by atoms with E-state index in [1.54, 1.807) is 0 Å². The maximum atomic E-state index is 12.7. The smallest absolute Gasteiger partial charge is 0.420 e. The molecule has 0 unspecified atom stereocenters. The first-order valence-electron chi connectivity index (χ1n) is 4.73. The fourth-order valence-electron chi connectivity index (χ4n) is 1.47. The van der Waals surface area contributed by atoms with E-state index in [2.05, 4.69) is 5.32 Å². The second-order valence-corrected chi connectivity index (χ2v) is 3.47. The fraction of sp³-hybridized carbons (Fsp3) is 0.400. The Morgan fingerprint density at radius 3 is 2.35 bits per heavy atom. The predicted molar refractivity (Wildman–Crippen MR) is 53.7 cm³/mol. The lowest BCUT2D eigenvalue weighted by atomic mass is 10.00.